The maximum Gasteiger partial charge on any atom is 0.264 e. The van der Waals surface area contributed by atoms with Gasteiger partial charge in [-0.15, -0.1) is 11.8 Å². The van der Waals surface area contributed by atoms with Crippen LogP contribution < -0.4 is 9.62 Å². The summed E-state index contributed by atoms with van der Waals surface area (Å²) >= 11 is 8.00. The molecule has 1 N–H and O–H groups in total. The Morgan fingerprint density at radius 1 is 1.00 bits per heavy atom. The zero-order valence-corrected chi connectivity index (χ0v) is 26.6. The summed E-state index contributed by atoms with van der Waals surface area (Å²) in [7, 11) is -4.12. The number of amides is 2. The van der Waals surface area contributed by atoms with Gasteiger partial charge in [0.2, 0.25) is 11.8 Å². The first-order chi connectivity index (χ1) is 20.1. The molecule has 7 nitrogen and oxygen atoms in total. The second-order valence-electron chi connectivity index (χ2n) is 10.5. The molecule has 0 spiro atoms. The van der Waals surface area contributed by atoms with E-state index in [4.69, 9.17) is 11.6 Å². The van der Waals surface area contributed by atoms with Gasteiger partial charge in [0, 0.05) is 22.5 Å². The van der Waals surface area contributed by atoms with Gasteiger partial charge in [0.1, 0.15) is 12.6 Å². The molecule has 3 aromatic carbocycles. The first kappa shape index (κ1) is 31.9. The molecule has 4 rings (SSSR count). The van der Waals surface area contributed by atoms with Gasteiger partial charge in [0.25, 0.3) is 10.0 Å². The fourth-order valence-electron chi connectivity index (χ4n) is 5.21. The molecule has 3 aromatic rings. The van der Waals surface area contributed by atoms with E-state index in [1.807, 2.05) is 44.4 Å². The van der Waals surface area contributed by atoms with E-state index in [9.17, 15) is 18.0 Å². The molecule has 0 aliphatic heterocycles. The maximum atomic E-state index is 14.2. The Morgan fingerprint density at radius 3 is 2.24 bits per heavy atom. The number of benzene rings is 3. The minimum atomic E-state index is -4.12. The third-order valence-electron chi connectivity index (χ3n) is 7.63. The van der Waals surface area contributed by atoms with Gasteiger partial charge >= 0.3 is 0 Å². The molecular formula is C32H38ClN3O4S2. The van der Waals surface area contributed by atoms with Crippen LogP contribution in [0.3, 0.4) is 0 Å². The van der Waals surface area contributed by atoms with E-state index in [0.717, 1.165) is 40.4 Å². The van der Waals surface area contributed by atoms with E-state index < -0.39 is 28.5 Å². The van der Waals surface area contributed by atoms with Gasteiger partial charge in [-0.1, -0.05) is 67.3 Å². The van der Waals surface area contributed by atoms with E-state index in [-0.39, 0.29) is 23.4 Å². The Morgan fingerprint density at radius 2 is 1.64 bits per heavy atom. The van der Waals surface area contributed by atoms with Gasteiger partial charge in [-0.25, -0.2) is 8.42 Å². The predicted octanol–water partition coefficient (Wildman–Crippen LogP) is 6.43. The second kappa shape index (κ2) is 14.4. The highest BCUT2D eigenvalue weighted by molar-refractivity contribution is 7.98. The van der Waals surface area contributed by atoms with Gasteiger partial charge in [-0.3, -0.25) is 13.9 Å². The van der Waals surface area contributed by atoms with Crippen LogP contribution in [0.1, 0.15) is 50.2 Å². The van der Waals surface area contributed by atoms with Crippen molar-refractivity contribution in [1.29, 1.82) is 0 Å². The molecule has 10 heteroatoms. The maximum absolute atomic E-state index is 14.2. The summed E-state index contributed by atoms with van der Waals surface area (Å²) in [6, 6.07) is 20.1. The Labute approximate surface area is 258 Å². The van der Waals surface area contributed by atoms with Crippen molar-refractivity contribution in [2.24, 2.45) is 0 Å². The van der Waals surface area contributed by atoms with Gasteiger partial charge in [-0.05, 0) is 80.5 Å². The molecule has 1 saturated carbocycles. The zero-order chi connectivity index (χ0) is 30.3. The molecule has 0 unspecified atom stereocenters. The number of carbonyl (C=O) groups excluding carboxylic acids is 2. The number of hydrogen-bond acceptors (Lipinski definition) is 5. The highest BCUT2D eigenvalue weighted by Crippen LogP contribution is 2.27. The summed E-state index contributed by atoms with van der Waals surface area (Å²) in [5.41, 5.74) is 2.00. The number of sulfonamides is 1. The smallest absolute Gasteiger partial charge is 0.264 e. The van der Waals surface area contributed by atoms with Gasteiger partial charge in [0.15, 0.2) is 0 Å². The summed E-state index contributed by atoms with van der Waals surface area (Å²) < 4.78 is 29.2. The number of hydrogen-bond donors (Lipinski definition) is 1. The molecule has 1 fully saturated rings. The number of halogens is 1. The van der Waals surface area contributed by atoms with E-state index >= 15 is 0 Å². The lowest BCUT2D eigenvalue weighted by Crippen LogP contribution is -2.53. The molecular weight excluding hydrogens is 590 g/mol. The quantitative estimate of drug-likeness (QED) is 0.234. The molecule has 2 amide bonds. The van der Waals surface area contributed by atoms with Crippen molar-refractivity contribution in [3.8, 4) is 0 Å². The van der Waals surface area contributed by atoms with Crippen LogP contribution in [0.15, 0.2) is 82.6 Å². The van der Waals surface area contributed by atoms with Gasteiger partial charge in [-0.2, -0.15) is 0 Å². The highest BCUT2D eigenvalue weighted by Gasteiger charge is 2.34. The van der Waals surface area contributed by atoms with E-state index in [1.165, 1.54) is 16.7 Å². The summed E-state index contributed by atoms with van der Waals surface area (Å²) in [6.07, 6.45) is 6.23. The molecule has 0 heterocycles. The predicted molar refractivity (Wildman–Crippen MR) is 170 cm³/mol. The van der Waals surface area contributed by atoms with Gasteiger partial charge < -0.3 is 10.2 Å². The third kappa shape index (κ3) is 7.68. The van der Waals surface area contributed by atoms with Crippen LogP contribution in [0.5, 0.6) is 0 Å². The molecule has 1 atom stereocenters. The minimum Gasteiger partial charge on any atom is -0.352 e. The van der Waals surface area contributed by atoms with Crippen molar-refractivity contribution in [2.45, 2.75) is 74.4 Å². The average Bonchev–Trinajstić information content (AvgIpc) is 3.50. The van der Waals surface area contributed by atoms with Crippen molar-refractivity contribution in [1.82, 2.24) is 10.2 Å². The van der Waals surface area contributed by atoms with Crippen molar-refractivity contribution in [3.05, 3.63) is 88.9 Å². The van der Waals surface area contributed by atoms with Crippen LogP contribution >= 0.6 is 23.4 Å². The van der Waals surface area contributed by atoms with Crippen molar-refractivity contribution in [3.63, 3.8) is 0 Å². The van der Waals surface area contributed by atoms with Crippen molar-refractivity contribution < 1.29 is 18.0 Å². The standard InChI is InChI=1S/C32H38ClN3O4S2/c1-4-30(32(38)34-25-10-6-7-11-25)35(21-24-9-5-8-12-29(24)33)31(37)22-36(26-15-13-23(2)14-16-26)42(39,40)28-19-17-27(41-3)18-20-28/h5,8-9,12-20,25,30H,4,6-7,10-11,21-22H2,1-3H3,(H,34,38)/t30-/m1/s1. The number of anilines is 1. The summed E-state index contributed by atoms with van der Waals surface area (Å²) in [6.45, 7) is 3.36. The van der Waals surface area contributed by atoms with E-state index in [1.54, 1.807) is 48.5 Å². The first-order valence-corrected chi connectivity index (χ1v) is 17.2. The molecule has 0 saturated heterocycles. The molecule has 0 radical (unpaired) electrons. The summed E-state index contributed by atoms with van der Waals surface area (Å²) in [4.78, 5) is 30.3. The topological polar surface area (TPSA) is 86.8 Å². The van der Waals surface area contributed by atoms with Crippen LogP contribution in [-0.2, 0) is 26.2 Å². The first-order valence-electron chi connectivity index (χ1n) is 14.2. The SMILES string of the molecule is CC[C@H](C(=O)NC1CCCC1)N(Cc1ccccc1Cl)C(=O)CN(c1ccc(C)cc1)S(=O)(=O)c1ccc(SC)cc1. The molecule has 0 aromatic heterocycles. The number of rotatable bonds is 12. The third-order valence-corrected chi connectivity index (χ3v) is 10.5. The van der Waals surface area contributed by atoms with E-state index in [0.29, 0.717) is 22.7 Å². The number of aryl methyl sites for hydroxylation is 1. The van der Waals surface area contributed by atoms with E-state index in [2.05, 4.69) is 5.32 Å². The largest absolute Gasteiger partial charge is 0.352 e. The lowest BCUT2D eigenvalue weighted by molar-refractivity contribution is -0.140. The van der Waals surface area contributed by atoms with Crippen LogP contribution in [0.25, 0.3) is 0 Å². The minimum absolute atomic E-state index is 0.0688. The van der Waals surface area contributed by atoms with Crippen LogP contribution in [0.2, 0.25) is 5.02 Å². The number of nitrogens with zero attached hydrogens (tertiary/aromatic N) is 2. The molecule has 1 aliphatic carbocycles. The van der Waals surface area contributed by atoms with Crippen molar-refractivity contribution in [2.75, 3.05) is 17.1 Å². The lowest BCUT2D eigenvalue weighted by atomic mass is 10.1. The normalized spacial score (nSPS) is 14.4. The zero-order valence-electron chi connectivity index (χ0n) is 24.3. The molecule has 224 valence electrons. The Balaban J connectivity index is 1.71. The number of carbonyl (C=O) groups is 2. The Kier molecular flexibility index (Phi) is 11.0. The fourth-order valence-corrected chi connectivity index (χ4v) is 7.23. The summed E-state index contributed by atoms with van der Waals surface area (Å²) in [5, 5.41) is 3.59. The second-order valence-corrected chi connectivity index (χ2v) is 13.7. The molecule has 0 bridgehead atoms. The Bertz CT molecular complexity index is 1470. The summed E-state index contributed by atoms with van der Waals surface area (Å²) in [5.74, 6) is -0.726. The number of thioether (sulfide) groups is 1. The highest BCUT2D eigenvalue weighted by atomic mass is 35.5. The fraction of sp³-hybridized carbons (Fsp3) is 0.375. The molecule has 1 aliphatic rings. The van der Waals surface area contributed by atoms with Gasteiger partial charge in [0.05, 0.1) is 10.6 Å². The lowest BCUT2D eigenvalue weighted by Gasteiger charge is -2.34. The van der Waals surface area contributed by atoms with Crippen LogP contribution in [0, 0.1) is 6.92 Å². The van der Waals surface area contributed by atoms with Crippen LogP contribution in [-0.4, -0.2) is 50.0 Å². The molecule has 42 heavy (non-hydrogen) atoms. The Hall–Kier alpha value is -3.01. The number of nitrogens with one attached hydrogen (secondary N) is 1. The van der Waals surface area contributed by atoms with Crippen molar-refractivity contribution >= 4 is 50.9 Å². The monoisotopic (exact) mass is 627 g/mol. The van der Waals surface area contributed by atoms with Crippen LogP contribution in [0.4, 0.5) is 5.69 Å². The average molecular weight is 628 g/mol.